The molecule has 0 radical (unpaired) electrons. The second-order valence-corrected chi connectivity index (χ2v) is 14.2. The SMILES string of the molecule is N#Cc1c(N)sc2c(F)ccc(-c3c(Cl)c4c5c(nc(OCC67CCCN6C[C@H](F)C7)nc5c3F)N3CC(F)(F)CCC3CCO4)c12. The third kappa shape index (κ3) is 4.76. The van der Waals surface area contributed by atoms with Gasteiger partial charge >= 0.3 is 6.01 Å². The molecule has 4 aliphatic heterocycles. The Labute approximate surface area is 274 Å². The van der Waals surface area contributed by atoms with Crippen LogP contribution >= 0.6 is 22.9 Å². The summed E-state index contributed by atoms with van der Waals surface area (Å²) in [7, 11) is 0. The van der Waals surface area contributed by atoms with Gasteiger partial charge < -0.3 is 20.1 Å². The van der Waals surface area contributed by atoms with Gasteiger partial charge in [0.15, 0.2) is 11.6 Å². The Kier molecular flexibility index (Phi) is 7.13. The zero-order valence-electron chi connectivity index (χ0n) is 24.9. The highest BCUT2D eigenvalue weighted by atomic mass is 35.5. The van der Waals surface area contributed by atoms with Gasteiger partial charge in [-0.15, -0.1) is 11.3 Å². The fourth-order valence-electron chi connectivity index (χ4n) is 7.87. The number of aromatic nitrogens is 2. The topological polar surface area (TPSA) is 101 Å². The van der Waals surface area contributed by atoms with Gasteiger partial charge in [0.05, 0.1) is 39.4 Å². The van der Waals surface area contributed by atoms with Crippen molar-refractivity contribution in [2.75, 3.05) is 43.5 Å². The van der Waals surface area contributed by atoms with Gasteiger partial charge in [0.25, 0.3) is 5.92 Å². The molecule has 246 valence electrons. The fraction of sp³-hybridized carbons (Fsp3) is 0.469. The molecule has 0 saturated carbocycles. The molecule has 8 nitrogen and oxygen atoms in total. The maximum Gasteiger partial charge on any atom is 0.319 e. The van der Waals surface area contributed by atoms with Crippen LogP contribution in [0, 0.1) is 23.0 Å². The van der Waals surface area contributed by atoms with Gasteiger partial charge in [0.2, 0.25) is 0 Å². The van der Waals surface area contributed by atoms with Gasteiger partial charge in [-0.2, -0.15) is 15.2 Å². The minimum Gasteiger partial charge on any atom is -0.491 e. The first-order valence-corrected chi connectivity index (χ1v) is 16.6. The summed E-state index contributed by atoms with van der Waals surface area (Å²) in [5.41, 5.74) is 5.00. The van der Waals surface area contributed by atoms with Crippen molar-refractivity contribution < 1.29 is 31.4 Å². The summed E-state index contributed by atoms with van der Waals surface area (Å²) in [4.78, 5) is 12.5. The molecule has 8 rings (SSSR count). The zero-order valence-corrected chi connectivity index (χ0v) is 26.5. The van der Waals surface area contributed by atoms with Crippen molar-refractivity contribution >= 4 is 54.7 Å². The smallest absolute Gasteiger partial charge is 0.319 e. The molecule has 2 N–H and O–H groups in total. The maximum atomic E-state index is 17.1. The maximum absolute atomic E-state index is 17.1. The summed E-state index contributed by atoms with van der Waals surface area (Å²) < 4.78 is 88.7. The lowest BCUT2D eigenvalue weighted by atomic mass is 9.94. The molecular weight excluding hydrogens is 663 g/mol. The zero-order chi connectivity index (χ0) is 32.8. The van der Waals surface area contributed by atoms with E-state index in [2.05, 4.69) is 9.97 Å². The third-order valence-corrected chi connectivity index (χ3v) is 11.4. The Morgan fingerprint density at radius 2 is 2.02 bits per heavy atom. The number of rotatable bonds is 4. The number of fused-ring (bicyclic) bond motifs is 4. The predicted molar refractivity (Wildman–Crippen MR) is 168 cm³/mol. The Hall–Kier alpha value is -3.67. The van der Waals surface area contributed by atoms with Crippen molar-refractivity contribution in [1.82, 2.24) is 14.9 Å². The van der Waals surface area contributed by atoms with Crippen molar-refractivity contribution in [1.29, 1.82) is 5.26 Å². The predicted octanol–water partition coefficient (Wildman–Crippen LogP) is 7.24. The Morgan fingerprint density at radius 3 is 2.83 bits per heavy atom. The number of ether oxygens (including phenoxy) is 2. The lowest BCUT2D eigenvalue weighted by Crippen LogP contribution is -2.50. The highest BCUT2D eigenvalue weighted by Crippen LogP contribution is 2.52. The van der Waals surface area contributed by atoms with Crippen LogP contribution in [0.3, 0.4) is 0 Å². The molecule has 15 heteroatoms. The summed E-state index contributed by atoms with van der Waals surface area (Å²) in [6.07, 6.45) is 1.02. The van der Waals surface area contributed by atoms with Crippen LogP contribution in [0.4, 0.5) is 32.8 Å². The van der Waals surface area contributed by atoms with E-state index < -0.39 is 35.8 Å². The Bertz CT molecular complexity index is 2010. The molecule has 0 bridgehead atoms. The van der Waals surface area contributed by atoms with Crippen LogP contribution in [0.2, 0.25) is 5.02 Å². The molecule has 4 aliphatic rings. The molecule has 2 aromatic heterocycles. The number of alkyl halides is 3. The van der Waals surface area contributed by atoms with Gasteiger partial charge in [-0.05, 0) is 37.4 Å². The highest BCUT2D eigenvalue weighted by molar-refractivity contribution is 7.23. The number of hydrogen-bond donors (Lipinski definition) is 1. The summed E-state index contributed by atoms with van der Waals surface area (Å²) in [5.74, 6) is -4.67. The number of benzene rings is 2. The highest BCUT2D eigenvalue weighted by Gasteiger charge is 2.50. The molecular formula is C32H28ClF5N6O2S. The minimum atomic E-state index is -3.03. The number of nitrogens with zero attached hydrogens (tertiary/aromatic N) is 5. The molecule has 3 fully saturated rings. The molecule has 0 aliphatic carbocycles. The van der Waals surface area contributed by atoms with Crippen LogP contribution in [0.1, 0.15) is 44.1 Å². The number of nitrogens with two attached hydrogens (primary N) is 1. The Balaban J connectivity index is 1.36. The summed E-state index contributed by atoms with van der Waals surface area (Å²) in [5, 5.41) is 9.81. The van der Waals surface area contributed by atoms with Crippen LogP contribution in [0.25, 0.3) is 32.1 Å². The third-order valence-electron chi connectivity index (χ3n) is 10.0. The van der Waals surface area contributed by atoms with E-state index in [1.54, 1.807) is 0 Å². The van der Waals surface area contributed by atoms with Crippen LogP contribution in [-0.2, 0) is 0 Å². The van der Waals surface area contributed by atoms with Gasteiger partial charge in [0.1, 0.15) is 41.0 Å². The summed E-state index contributed by atoms with van der Waals surface area (Å²) >= 11 is 7.78. The molecule has 0 amide bonds. The standard InChI is InChI=1S/C32H28ClF5N6O2S/c33-23-21(17-2-3-19(35)27-20(17)18(11-39)28(40)47-27)24(36)25-22-26(23)45-9-5-16-4-7-32(37,38)13-44(16)29(22)42-30(41-25)46-14-31-6-1-8-43(31)12-15(34)10-31/h2-3,15-16H,1,4-10,12-14,40H2/t15-,16?,31?/m1/s1. The summed E-state index contributed by atoms with van der Waals surface area (Å²) in [6, 6.07) is 3.77. The van der Waals surface area contributed by atoms with Crippen LogP contribution in [0.15, 0.2) is 12.1 Å². The van der Waals surface area contributed by atoms with Crippen molar-refractivity contribution in [2.45, 2.75) is 62.2 Å². The van der Waals surface area contributed by atoms with Crippen molar-refractivity contribution in [3.63, 3.8) is 0 Å². The normalized spacial score (nSPS) is 25.3. The fourth-order valence-corrected chi connectivity index (χ4v) is 9.15. The second-order valence-electron chi connectivity index (χ2n) is 12.8. The average molecular weight is 691 g/mol. The van der Waals surface area contributed by atoms with Crippen molar-refractivity contribution in [2.24, 2.45) is 0 Å². The molecule has 3 atom stereocenters. The molecule has 2 aromatic carbocycles. The van der Waals surface area contributed by atoms with Gasteiger partial charge in [-0.25, -0.2) is 22.0 Å². The quantitative estimate of drug-likeness (QED) is 0.224. The van der Waals surface area contributed by atoms with E-state index in [1.165, 1.54) is 11.0 Å². The van der Waals surface area contributed by atoms with E-state index in [1.807, 2.05) is 11.0 Å². The van der Waals surface area contributed by atoms with Gasteiger partial charge in [0, 0.05) is 42.8 Å². The first-order valence-electron chi connectivity index (χ1n) is 15.4. The van der Waals surface area contributed by atoms with E-state index in [0.717, 1.165) is 30.4 Å². The van der Waals surface area contributed by atoms with E-state index in [0.29, 0.717) is 19.4 Å². The number of halogens is 6. The first-order chi connectivity index (χ1) is 22.5. The van der Waals surface area contributed by atoms with Crippen LogP contribution < -0.4 is 20.1 Å². The first kappa shape index (κ1) is 30.7. The minimum absolute atomic E-state index is 0.0000366. The number of nitrogen functional groups attached to an aromatic ring is 1. The lowest BCUT2D eigenvalue weighted by molar-refractivity contribution is -0.0205. The number of hydrogen-bond acceptors (Lipinski definition) is 9. The van der Waals surface area contributed by atoms with Gasteiger partial charge in [-0.3, -0.25) is 4.90 Å². The van der Waals surface area contributed by atoms with Crippen LogP contribution in [-0.4, -0.2) is 71.4 Å². The molecule has 2 unspecified atom stereocenters. The number of anilines is 2. The number of nitriles is 1. The lowest BCUT2D eigenvalue weighted by Gasteiger charge is -2.42. The van der Waals surface area contributed by atoms with Crippen molar-refractivity contribution in [3.8, 4) is 29.0 Å². The Morgan fingerprint density at radius 1 is 1.19 bits per heavy atom. The summed E-state index contributed by atoms with van der Waals surface area (Å²) in [6.45, 7) is 0.462. The second kappa shape index (κ2) is 10.9. The largest absolute Gasteiger partial charge is 0.491 e. The molecule has 3 saturated heterocycles. The van der Waals surface area contributed by atoms with E-state index in [4.69, 9.17) is 26.8 Å². The van der Waals surface area contributed by atoms with Crippen LogP contribution in [0.5, 0.6) is 11.8 Å². The monoisotopic (exact) mass is 690 g/mol. The molecule has 47 heavy (non-hydrogen) atoms. The van der Waals surface area contributed by atoms with E-state index >= 15 is 4.39 Å². The number of thiophene rings is 1. The molecule has 6 heterocycles. The average Bonchev–Trinajstić information content (AvgIpc) is 3.67. The molecule has 0 spiro atoms. The van der Waals surface area contributed by atoms with E-state index in [-0.39, 0.29) is 104 Å². The van der Waals surface area contributed by atoms with E-state index in [9.17, 15) is 22.8 Å². The number of piperidine rings is 1. The van der Waals surface area contributed by atoms with Crippen molar-refractivity contribution in [3.05, 3.63) is 34.4 Å². The van der Waals surface area contributed by atoms with Gasteiger partial charge in [-0.1, -0.05) is 17.7 Å². The molecule has 4 aromatic rings.